The molecule has 1 saturated heterocycles. The Hall–Kier alpha value is -5.02. The quantitative estimate of drug-likeness (QED) is 0.208. The summed E-state index contributed by atoms with van der Waals surface area (Å²) in [7, 11) is 0. The standard InChI is InChI=1S/C32H27N5O3S/c38-28(34-25-14-6-9-21-8-1-2-12-24(21)25)16-19-37-30(29(35-32(37)41)26-13-3-4-17-33-26)27-15-7-18-36(27)23-11-5-10-22(20-23)31(39)40/h1-15,17-18,20,29-30H,16,19H2,(H,34,38)(H,35,41)(H,39,40)/t29-,30-/m0/s1. The zero-order valence-electron chi connectivity index (χ0n) is 22.0. The number of carboxylic acids is 1. The lowest BCUT2D eigenvalue weighted by Gasteiger charge is -2.29. The van der Waals surface area contributed by atoms with Gasteiger partial charge in [-0.15, -0.1) is 0 Å². The van der Waals surface area contributed by atoms with Gasteiger partial charge in [-0.3, -0.25) is 9.78 Å². The van der Waals surface area contributed by atoms with Crippen LogP contribution in [-0.2, 0) is 4.79 Å². The number of aromatic nitrogens is 2. The summed E-state index contributed by atoms with van der Waals surface area (Å²) in [5.74, 6) is -1.11. The number of amides is 1. The van der Waals surface area contributed by atoms with Gasteiger partial charge in [0.2, 0.25) is 5.91 Å². The van der Waals surface area contributed by atoms with Gasteiger partial charge in [-0.25, -0.2) is 4.79 Å². The Kier molecular flexibility index (Phi) is 7.18. The molecule has 3 N–H and O–H groups in total. The van der Waals surface area contributed by atoms with E-state index in [1.54, 1.807) is 24.4 Å². The molecule has 1 aliphatic heterocycles. The van der Waals surface area contributed by atoms with E-state index >= 15 is 0 Å². The van der Waals surface area contributed by atoms with Crippen molar-refractivity contribution in [2.24, 2.45) is 0 Å². The summed E-state index contributed by atoms with van der Waals surface area (Å²) < 4.78 is 1.96. The second-order valence-corrected chi connectivity index (χ2v) is 10.2. The van der Waals surface area contributed by atoms with Crippen molar-refractivity contribution in [1.82, 2.24) is 19.8 Å². The SMILES string of the molecule is O=C(CCN1C(=S)N[C@@H](c2ccccn2)[C@@H]1c1cccn1-c1cccc(C(=O)O)c1)Nc1cccc2ccccc12. The third-order valence-electron chi connectivity index (χ3n) is 7.30. The van der Waals surface area contributed by atoms with Gasteiger partial charge in [0.05, 0.1) is 23.3 Å². The average Bonchev–Trinajstić information content (AvgIpc) is 3.61. The van der Waals surface area contributed by atoms with Gasteiger partial charge in [0.15, 0.2) is 5.11 Å². The minimum atomic E-state index is -0.991. The molecular formula is C32H27N5O3S. The minimum Gasteiger partial charge on any atom is -0.478 e. The number of rotatable bonds is 8. The molecule has 2 aromatic heterocycles. The summed E-state index contributed by atoms with van der Waals surface area (Å²) in [6, 6.07) is 29.7. The molecule has 8 nitrogen and oxygen atoms in total. The van der Waals surface area contributed by atoms with Gasteiger partial charge in [-0.05, 0) is 66.1 Å². The lowest BCUT2D eigenvalue weighted by molar-refractivity contribution is -0.116. The van der Waals surface area contributed by atoms with E-state index < -0.39 is 5.97 Å². The first-order valence-corrected chi connectivity index (χ1v) is 13.7. The van der Waals surface area contributed by atoms with E-state index in [9.17, 15) is 14.7 Å². The molecule has 1 fully saturated rings. The highest BCUT2D eigenvalue weighted by atomic mass is 32.1. The summed E-state index contributed by atoms with van der Waals surface area (Å²) in [6.07, 6.45) is 3.86. The zero-order chi connectivity index (χ0) is 28.3. The van der Waals surface area contributed by atoms with Crippen molar-refractivity contribution < 1.29 is 14.7 Å². The normalized spacial score (nSPS) is 16.5. The Bertz CT molecular complexity index is 1750. The largest absolute Gasteiger partial charge is 0.478 e. The second kappa shape index (κ2) is 11.2. The monoisotopic (exact) mass is 561 g/mol. The fourth-order valence-electron chi connectivity index (χ4n) is 5.40. The average molecular weight is 562 g/mol. The molecular weight excluding hydrogens is 534 g/mol. The van der Waals surface area contributed by atoms with Gasteiger partial charge < -0.3 is 25.2 Å². The highest BCUT2D eigenvalue weighted by Gasteiger charge is 2.41. The van der Waals surface area contributed by atoms with Crippen molar-refractivity contribution >= 4 is 45.7 Å². The Morgan fingerprint density at radius 1 is 0.951 bits per heavy atom. The predicted octanol–water partition coefficient (Wildman–Crippen LogP) is 5.73. The van der Waals surface area contributed by atoms with E-state index in [2.05, 4.69) is 15.6 Å². The molecule has 2 atom stereocenters. The van der Waals surface area contributed by atoms with Crippen molar-refractivity contribution in [3.63, 3.8) is 0 Å². The van der Waals surface area contributed by atoms with Crippen LogP contribution in [-0.4, -0.2) is 43.1 Å². The Morgan fingerprint density at radius 3 is 2.59 bits per heavy atom. The van der Waals surface area contributed by atoms with E-state index in [4.69, 9.17) is 12.2 Å². The number of hydrogen-bond donors (Lipinski definition) is 3. The Morgan fingerprint density at radius 2 is 1.76 bits per heavy atom. The molecule has 3 heterocycles. The number of carbonyl (C=O) groups excluding carboxylic acids is 1. The van der Waals surface area contributed by atoms with Gasteiger partial charge in [0.1, 0.15) is 0 Å². The summed E-state index contributed by atoms with van der Waals surface area (Å²) >= 11 is 5.80. The first-order valence-electron chi connectivity index (χ1n) is 13.3. The number of anilines is 1. The van der Waals surface area contributed by atoms with Crippen LogP contribution < -0.4 is 10.6 Å². The maximum absolute atomic E-state index is 13.2. The molecule has 0 unspecified atom stereocenters. The minimum absolute atomic E-state index is 0.117. The number of nitrogens with zero attached hydrogens (tertiary/aromatic N) is 3. The predicted molar refractivity (Wildman–Crippen MR) is 162 cm³/mol. The third kappa shape index (κ3) is 5.27. The van der Waals surface area contributed by atoms with E-state index in [1.165, 1.54) is 0 Å². The van der Waals surface area contributed by atoms with Crippen molar-refractivity contribution in [2.45, 2.75) is 18.5 Å². The highest BCUT2D eigenvalue weighted by molar-refractivity contribution is 7.80. The number of benzene rings is 3. The summed E-state index contributed by atoms with van der Waals surface area (Å²) in [5.41, 5.74) is 3.39. The van der Waals surface area contributed by atoms with Crippen LogP contribution in [0.15, 0.2) is 109 Å². The van der Waals surface area contributed by atoms with Crippen LogP contribution in [0.1, 0.15) is 40.3 Å². The first-order chi connectivity index (χ1) is 20.0. The lowest BCUT2D eigenvalue weighted by atomic mass is 10.0. The van der Waals surface area contributed by atoms with Gasteiger partial charge in [-0.1, -0.05) is 48.5 Å². The Balaban J connectivity index is 1.30. The summed E-state index contributed by atoms with van der Waals surface area (Å²) in [5, 5.41) is 18.6. The molecule has 3 aromatic carbocycles. The first kappa shape index (κ1) is 26.2. The number of pyridine rings is 1. The second-order valence-electron chi connectivity index (χ2n) is 9.80. The van der Waals surface area contributed by atoms with Crippen LogP contribution >= 0.6 is 12.2 Å². The van der Waals surface area contributed by atoms with Crippen LogP contribution in [0.3, 0.4) is 0 Å². The number of carbonyl (C=O) groups is 2. The van der Waals surface area contributed by atoms with Crippen LogP contribution in [0.25, 0.3) is 16.5 Å². The van der Waals surface area contributed by atoms with Crippen molar-refractivity contribution in [1.29, 1.82) is 0 Å². The number of thiocarbonyl (C=S) groups is 1. The molecule has 204 valence electrons. The highest BCUT2D eigenvalue weighted by Crippen LogP contribution is 2.39. The van der Waals surface area contributed by atoms with E-state index in [-0.39, 0.29) is 30.0 Å². The van der Waals surface area contributed by atoms with E-state index in [1.807, 2.05) is 94.5 Å². The van der Waals surface area contributed by atoms with Crippen LogP contribution in [0, 0.1) is 0 Å². The van der Waals surface area contributed by atoms with E-state index in [0.29, 0.717) is 11.7 Å². The Labute approximate surface area is 242 Å². The van der Waals surface area contributed by atoms with Crippen molar-refractivity contribution in [3.8, 4) is 5.69 Å². The van der Waals surface area contributed by atoms with Crippen LogP contribution in [0.5, 0.6) is 0 Å². The molecule has 1 amide bonds. The lowest BCUT2D eigenvalue weighted by Crippen LogP contribution is -2.33. The van der Waals surface area contributed by atoms with Crippen LogP contribution in [0.2, 0.25) is 0 Å². The number of nitrogens with one attached hydrogen (secondary N) is 2. The van der Waals surface area contributed by atoms with Crippen molar-refractivity contribution in [3.05, 3.63) is 126 Å². The number of aromatic carboxylic acids is 1. The molecule has 41 heavy (non-hydrogen) atoms. The van der Waals surface area contributed by atoms with Gasteiger partial charge in [0, 0.05) is 47.8 Å². The van der Waals surface area contributed by atoms with Gasteiger partial charge in [0.25, 0.3) is 0 Å². The molecule has 0 spiro atoms. The van der Waals surface area contributed by atoms with E-state index in [0.717, 1.165) is 33.5 Å². The molecule has 6 rings (SSSR count). The molecule has 5 aromatic rings. The maximum Gasteiger partial charge on any atom is 0.335 e. The van der Waals surface area contributed by atoms with Gasteiger partial charge in [-0.2, -0.15) is 0 Å². The topological polar surface area (TPSA) is 99.5 Å². The summed E-state index contributed by atoms with van der Waals surface area (Å²) in [4.78, 5) is 31.4. The molecule has 0 radical (unpaired) electrons. The number of carboxylic acid groups (broad SMARTS) is 1. The number of fused-ring (bicyclic) bond motifs is 1. The molecule has 0 saturated carbocycles. The molecule has 9 heteroatoms. The fourth-order valence-corrected chi connectivity index (χ4v) is 5.73. The zero-order valence-corrected chi connectivity index (χ0v) is 22.8. The summed E-state index contributed by atoms with van der Waals surface area (Å²) in [6.45, 7) is 0.372. The molecule has 0 aliphatic carbocycles. The van der Waals surface area contributed by atoms with Gasteiger partial charge >= 0.3 is 5.97 Å². The molecule has 1 aliphatic rings. The third-order valence-corrected chi connectivity index (χ3v) is 7.65. The maximum atomic E-state index is 13.2. The fraction of sp³-hybridized carbons (Fsp3) is 0.125. The van der Waals surface area contributed by atoms with Crippen molar-refractivity contribution in [2.75, 3.05) is 11.9 Å². The number of hydrogen-bond acceptors (Lipinski definition) is 4. The smallest absolute Gasteiger partial charge is 0.335 e. The molecule has 0 bridgehead atoms. The van der Waals surface area contributed by atoms with Crippen LogP contribution in [0.4, 0.5) is 5.69 Å².